The van der Waals surface area contributed by atoms with Crippen LogP contribution in [0.25, 0.3) is 0 Å². The molecule has 0 saturated carbocycles. The van der Waals surface area contributed by atoms with Gasteiger partial charge in [0.05, 0.1) is 0 Å². The molecule has 0 N–H and O–H groups in total. The molecule has 0 heterocycles. The van der Waals surface area contributed by atoms with Gasteiger partial charge in [-0.15, -0.1) is 0 Å². The van der Waals surface area contributed by atoms with Crippen molar-refractivity contribution in [3.63, 3.8) is 0 Å². The van der Waals surface area contributed by atoms with E-state index in [0.29, 0.717) is 0 Å². The fourth-order valence-electron chi connectivity index (χ4n) is 21.7. The molecule has 6 aromatic rings. The third kappa shape index (κ3) is 8.41. The fraction of sp³-hybridized carbons (Fsp3) is 0.591. The first-order valence-electron chi connectivity index (χ1n) is 36.1. The van der Waals surface area contributed by atoms with Crippen LogP contribution in [-0.2, 0) is 73.5 Å². The van der Waals surface area contributed by atoms with Crippen LogP contribution in [0.3, 0.4) is 0 Å². The van der Waals surface area contributed by atoms with Crippen LogP contribution >= 0.6 is 0 Å². The second-order valence-electron chi connectivity index (χ2n) is 40.0. The van der Waals surface area contributed by atoms with E-state index in [0.717, 1.165) is 0 Å². The average Bonchev–Trinajstić information content (AvgIpc) is 0.649. The van der Waals surface area contributed by atoms with Crippen molar-refractivity contribution in [2.75, 3.05) is 0 Å². The predicted octanol–water partition coefficient (Wildman–Crippen LogP) is 21.6. The molecule has 0 spiro atoms. The first-order valence-corrected chi connectivity index (χ1v) is 42.5. The molecule has 4 bridgehead atoms. The van der Waals surface area contributed by atoms with E-state index in [4.69, 9.17) is 0 Å². The summed E-state index contributed by atoms with van der Waals surface area (Å²) in [6.07, 6.45) is 14.6. The van der Waals surface area contributed by atoms with Crippen molar-refractivity contribution in [1.29, 1.82) is 0 Å². The van der Waals surface area contributed by atoms with E-state index in [1.807, 2.05) is 0 Å². The van der Waals surface area contributed by atoms with Crippen molar-refractivity contribution < 1.29 is 0 Å². The van der Waals surface area contributed by atoms with E-state index in [2.05, 4.69) is 267 Å². The molecule has 12 aliphatic rings. The first-order chi connectivity index (χ1) is 41.9. The van der Waals surface area contributed by atoms with E-state index >= 15 is 0 Å². The summed E-state index contributed by atoms with van der Waals surface area (Å²) in [7, 11) is 0. The van der Waals surface area contributed by atoms with Gasteiger partial charge in [0.2, 0.25) is 0 Å². The average molecular weight is 1400 g/mol. The number of rotatable bonds is 2. The molecule has 0 atom stereocenters. The molecule has 0 saturated heterocycles. The summed E-state index contributed by atoms with van der Waals surface area (Å²) in [5, 5.41) is 0. The summed E-state index contributed by atoms with van der Waals surface area (Å²) < 4.78 is -0.812. The first kappa shape index (κ1) is 63.9. The molecule has 3 heteroatoms. The summed E-state index contributed by atoms with van der Waals surface area (Å²) in [4.78, 5) is 0. The molecule has 4 radical (unpaired) electrons. The SMILES string of the molecule is CC1(C)CCC(C)(C)c2cc3c(cc21)C1c2cc4c(cc2[C]3([Ge][C]23c5cc6c(cc5C(c5cc7c(cc52)C(C)(C)CCC7(C)C)c2cc5c(cc23)C(C)(C)CCC5(C)C)C(C)(C)CCC6(C)C)c2cc3c(cc21)C(C)(C)CCC3(C)C)C(C)(C)CCC4(C)C.[Se][Se]. The Balaban J connectivity index is 0.00000341. The van der Waals surface area contributed by atoms with Gasteiger partial charge in [-0.25, -0.2) is 0 Å². The maximum absolute atomic E-state index is 2.99. The van der Waals surface area contributed by atoms with Gasteiger partial charge >= 0.3 is 579 Å². The molecule has 12 aliphatic carbocycles. The van der Waals surface area contributed by atoms with Crippen LogP contribution in [0.2, 0.25) is 0 Å². The van der Waals surface area contributed by atoms with Gasteiger partial charge in [0.15, 0.2) is 0 Å². The van der Waals surface area contributed by atoms with Crippen molar-refractivity contribution in [2.45, 2.75) is 329 Å². The van der Waals surface area contributed by atoms with Crippen LogP contribution in [0.5, 0.6) is 0 Å². The third-order valence-corrected chi connectivity index (χ3v) is 33.8. The summed E-state index contributed by atoms with van der Waals surface area (Å²) >= 11 is 3.66. The van der Waals surface area contributed by atoms with Crippen molar-refractivity contribution in [1.82, 2.24) is 0 Å². The van der Waals surface area contributed by atoms with Gasteiger partial charge in [-0.2, -0.15) is 0 Å². The Labute approximate surface area is 574 Å². The van der Waals surface area contributed by atoms with Gasteiger partial charge in [0, 0.05) is 0 Å². The van der Waals surface area contributed by atoms with Gasteiger partial charge in [-0.1, -0.05) is 0 Å². The summed E-state index contributed by atoms with van der Waals surface area (Å²) in [5.74, 6) is 0.331. The molecule has 478 valence electrons. The molecular weight excluding hydrogens is 1290 g/mol. The topological polar surface area (TPSA) is 0 Å². The van der Waals surface area contributed by atoms with Gasteiger partial charge in [-0.05, 0) is 0 Å². The van der Waals surface area contributed by atoms with Gasteiger partial charge in [0.1, 0.15) is 0 Å². The Morgan fingerprint density at radius 2 is 0.308 bits per heavy atom. The van der Waals surface area contributed by atoms with E-state index in [1.54, 1.807) is 134 Å². The molecule has 0 aromatic heterocycles. The van der Waals surface area contributed by atoms with E-state index in [9.17, 15) is 0 Å². The number of benzene rings is 6. The minimum absolute atomic E-state index is 0.0481. The molecule has 0 amide bonds. The molecule has 0 fully saturated rings. The third-order valence-electron chi connectivity index (χ3n) is 28.8. The molecule has 18 rings (SSSR count). The van der Waals surface area contributed by atoms with E-state index < -0.39 is 23.9 Å². The zero-order chi connectivity index (χ0) is 65.7. The number of hydrogen-bond acceptors (Lipinski definition) is 0. The molecule has 91 heavy (non-hydrogen) atoms. The fourth-order valence-corrected chi connectivity index (χ4v) is 27.3. The quantitative estimate of drug-likeness (QED) is 0.152. The molecule has 6 aromatic carbocycles. The second-order valence-corrected chi connectivity index (χ2v) is 43.7. The van der Waals surface area contributed by atoms with Gasteiger partial charge < -0.3 is 0 Å². The number of fused-ring (bicyclic) bond motifs is 6. The van der Waals surface area contributed by atoms with Crippen LogP contribution < -0.4 is 0 Å². The maximum atomic E-state index is 2.99. The number of hydrogen-bond donors (Lipinski definition) is 0. The molecule has 0 aliphatic heterocycles. The Hall–Kier alpha value is -3.10. The zero-order valence-corrected chi connectivity index (χ0v) is 66.4. The van der Waals surface area contributed by atoms with E-state index in [1.165, 1.54) is 77.0 Å². The van der Waals surface area contributed by atoms with Crippen molar-refractivity contribution >= 4 is 43.8 Å². The summed E-state index contributed by atoms with van der Waals surface area (Å²) in [5.41, 5.74) is 40.3. The van der Waals surface area contributed by atoms with Crippen LogP contribution in [0, 0.1) is 0 Å². The van der Waals surface area contributed by atoms with Crippen LogP contribution in [-0.4, -0.2) is 43.8 Å². The van der Waals surface area contributed by atoms with Crippen molar-refractivity contribution in [3.05, 3.63) is 206 Å². The normalized spacial score (nSPS) is 29.2. The minimum atomic E-state index is -1.34. The Bertz CT molecular complexity index is 3510. The molecule has 0 nitrogen and oxygen atoms in total. The standard InChI is InChI=1S/C88H110Ge.Se2/c1-75(2)25-31-81(13,14)67-43-55-49(37-61(67)75)73-50-38-62-68(82(15,16)32-26-76(62,3)4)44-56(50)87(55,57-45-69-63(39-51(57)73)77(5,6)27-33-83(69,17)18)89-88-58-46-70-64(78(7,8)28-34-84(70,19)20)40-52(58)74(53-41-65-71(47-59(53)88)85(21,22)35-29-79(65,9)10)54-42-66-72(48-60(54)88)86(23,24)36-30-80(66,11)12;1-2/h37-48,73-74H,25-36H2,1-24H3;. The zero-order valence-electron chi connectivity index (χ0n) is 60.9. The predicted molar refractivity (Wildman–Crippen MR) is 389 cm³/mol. The van der Waals surface area contributed by atoms with E-state index in [-0.39, 0.29) is 76.8 Å². The molecule has 0 unspecified atom stereocenters. The second kappa shape index (κ2) is 19.0. The van der Waals surface area contributed by atoms with Gasteiger partial charge in [-0.3, -0.25) is 0 Å². The van der Waals surface area contributed by atoms with Crippen LogP contribution in [0.4, 0.5) is 0 Å². The summed E-state index contributed by atoms with van der Waals surface area (Å²) in [6, 6.07) is 35.4. The summed E-state index contributed by atoms with van der Waals surface area (Å²) in [6.45, 7) is 62.7. The van der Waals surface area contributed by atoms with Crippen molar-refractivity contribution in [2.24, 2.45) is 0 Å². The Morgan fingerprint density at radius 3 is 0.429 bits per heavy atom. The van der Waals surface area contributed by atoms with Gasteiger partial charge in [0.25, 0.3) is 0 Å². The Kier molecular flexibility index (Phi) is 13.3. The van der Waals surface area contributed by atoms with Crippen LogP contribution in [0.15, 0.2) is 72.8 Å². The monoisotopic (exact) mass is 1400 g/mol. The van der Waals surface area contributed by atoms with Crippen molar-refractivity contribution in [3.8, 4) is 0 Å². The Morgan fingerprint density at radius 1 is 0.198 bits per heavy atom. The molecular formula is C88H110GeSe2. The van der Waals surface area contributed by atoms with Crippen LogP contribution in [0.1, 0.15) is 389 Å².